The summed E-state index contributed by atoms with van der Waals surface area (Å²) in [5.41, 5.74) is 3.39. The third-order valence-electron chi connectivity index (χ3n) is 4.46. The minimum atomic E-state index is -0.279. The van der Waals surface area contributed by atoms with Gasteiger partial charge in [0.05, 0.1) is 11.4 Å². The van der Waals surface area contributed by atoms with Gasteiger partial charge in [0, 0.05) is 24.1 Å². The van der Waals surface area contributed by atoms with Gasteiger partial charge in [0.15, 0.2) is 5.82 Å². The zero-order chi connectivity index (χ0) is 18.1. The lowest BCUT2D eigenvalue weighted by Crippen LogP contribution is -2.18. The molecule has 4 rings (SSSR count). The van der Waals surface area contributed by atoms with Crippen LogP contribution in [0.2, 0.25) is 0 Å². The fourth-order valence-corrected chi connectivity index (χ4v) is 3.19. The summed E-state index contributed by atoms with van der Waals surface area (Å²) >= 11 is 0. The van der Waals surface area contributed by atoms with Crippen LogP contribution in [0.15, 0.2) is 53.5 Å². The molecule has 2 heterocycles. The van der Waals surface area contributed by atoms with Crippen molar-refractivity contribution in [1.82, 2.24) is 19.7 Å². The van der Waals surface area contributed by atoms with Gasteiger partial charge in [-0.2, -0.15) is 0 Å². The maximum atomic E-state index is 14.1. The fourth-order valence-electron chi connectivity index (χ4n) is 3.19. The first-order valence-corrected chi connectivity index (χ1v) is 8.61. The molecule has 1 aromatic heterocycles. The molecular formula is C20H20FN5. The van der Waals surface area contributed by atoms with E-state index in [2.05, 4.69) is 15.1 Å². The van der Waals surface area contributed by atoms with Gasteiger partial charge in [0.2, 0.25) is 0 Å². The van der Waals surface area contributed by atoms with Gasteiger partial charge in [-0.05, 0) is 32.3 Å². The van der Waals surface area contributed by atoms with Crippen molar-refractivity contribution in [1.29, 1.82) is 0 Å². The van der Waals surface area contributed by atoms with E-state index in [4.69, 9.17) is 4.99 Å². The van der Waals surface area contributed by atoms with Crippen molar-refractivity contribution >= 4 is 5.71 Å². The molecule has 0 unspecified atom stereocenters. The summed E-state index contributed by atoms with van der Waals surface area (Å²) in [7, 11) is 4.05. The molecule has 0 radical (unpaired) electrons. The van der Waals surface area contributed by atoms with Crippen LogP contribution in [-0.2, 0) is 13.0 Å². The Hall–Kier alpha value is -2.86. The molecule has 0 atom stereocenters. The van der Waals surface area contributed by atoms with Gasteiger partial charge >= 0.3 is 0 Å². The predicted molar refractivity (Wildman–Crippen MR) is 99.4 cm³/mol. The minimum absolute atomic E-state index is 0.279. The Morgan fingerprint density at radius 3 is 2.65 bits per heavy atom. The van der Waals surface area contributed by atoms with Gasteiger partial charge in [0.25, 0.3) is 0 Å². The summed E-state index contributed by atoms with van der Waals surface area (Å²) in [6.07, 6.45) is 0.761. The van der Waals surface area contributed by atoms with Crippen molar-refractivity contribution in [2.24, 2.45) is 4.99 Å². The SMILES string of the molecule is CN(C)CCc1nnc2n1-c1ccc(F)cc1C(c1ccccc1)=NC2. The number of aliphatic imine (C=N–C) groups is 1. The van der Waals surface area contributed by atoms with E-state index in [0.717, 1.165) is 47.1 Å². The lowest BCUT2D eigenvalue weighted by Gasteiger charge is -2.14. The van der Waals surface area contributed by atoms with Crippen LogP contribution in [0.5, 0.6) is 0 Å². The van der Waals surface area contributed by atoms with Crippen molar-refractivity contribution < 1.29 is 4.39 Å². The molecule has 0 bridgehead atoms. The molecule has 6 heteroatoms. The second-order valence-corrected chi connectivity index (χ2v) is 6.61. The molecule has 0 fully saturated rings. The lowest BCUT2D eigenvalue weighted by atomic mass is 10.0. The van der Waals surface area contributed by atoms with Crippen LogP contribution in [-0.4, -0.2) is 46.0 Å². The van der Waals surface area contributed by atoms with Gasteiger partial charge in [0.1, 0.15) is 18.2 Å². The number of benzene rings is 2. The second kappa shape index (κ2) is 6.80. The standard InChI is InChI=1S/C20H20FN5/c1-25(2)11-10-18-23-24-19-13-22-20(14-6-4-3-5-7-14)16-12-15(21)8-9-17(16)26(18)19/h3-9,12H,10-11,13H2,1-2H3. The predicted octanol–water partition coefficient (Wildman–Crippen LogP) is 2.86. The Kier molecular flexibility index (Phi) is 4.34. The minimum Gasteiger partial charge on any atom is -0.309 e. The zero-order valence-corrected chi connectivity index (χ0v) is 14.9. The molecule has 1 aliphatic heterocycles. The van der Waals surface area contributed by atoms with Gasteiger partial charge in [-0.1, -0.05) is 30.3 Å². The summed E-state index contributed by atoms with van der Waals surface area (Å²) in [4.78, 5) is 6.85. The quantitative estimate of drug-likeness (QED) is 0.728. The van der Waals surface area contributed by atoms with E-state index in [0.29, 0.717) is 6.54 Å². The van der Waals surface area contributed by atoms with Gasteiger partial charge in [-0.3, -0.25) is 9.56 Å². The molecule has 2 aromatic carbocycles. The topological polar surface area (TPSA) is 46.3 Å². The second-order valence-electron chi connectivity index (χ2n) is 6.61. The summed E-state index contributed by atoms with van der Waals surface area (Å²) in [5.74, 6) is 1.36. The van der Waals surface area contributed by atoms with Crippen LogP contribution in [0.3, 0.4) is 0 Å². The summed E-state index contributed by atoms with van der Waals surface area (Å²) in [6.45, 7) is 1.27. The van der Waals surface area contributed by atoms with E-state index in [1.54, 1.807) is 12.1 Å². The van der Waals surface area contributed by atoms with Crippen LogP contribution in [0.4, 0.5) is 4.39 Å². The molecular weight excluding hydrogens is 329 g/mol. The summed E-state index contributed by atoms with van der Waals surface area (Å²) in [6, 6.07) is 14.7. The Labute approximate surface area is 151 Å². The monoisotopic (exact) mass is 349 g/mol. The Morgan fingerprint density at radius 1 is 1.08 bits per heavy atom. The number of aromatic nitrogens is 3. The largest absolute Gasteiger partial charge is 0.309 e. The number of halogens is 1. The van der Waals surface area contributed by atoms with Crippen LogP contribution in [0.25, 0.3) is 5.69 Å². The fraction of sp³-hybridized carbons (Fsp3) is 0.250. The number of fused-ring (bicyclic) bond motifs is 3. The highest BCUT2D eigenvalue weighted by Crippen LogP contribution is 2.26. The lowest BCUT2D eigenvalue weighted by molar-refractivity contribution is 0.408. The number of nitrogens with zero attached hydrogens (tertiary/aromatic N) is 5. The molecule has 0 saturated carbocycles. The maximum Gasteiger partial charge on any atom is 0.159 e. The average molecular weight is 349 g/mol. The van der Waals surface area contributed by atoms with E-state index in [1.807, 2.05) is 49.0 Å². The average Bonchev–Trinajstić information content (AvgIpc) is 2.97. The highest BCUT2D eigenvalue weighted by Gasteiger charge is 2.23. The van der Waals surface area contributed by atoms with Gasteiger partial charge in [-0.25, -0.2) is 4.39 Å². The zero-order valence-electron chi connectivity index (χ0n) is 14.9. The molecule has 132 valence electrons. The number of hydrogen-bond donors (Lipinski definition) is 0. The number of likely N-dealkylation sites (N-methyl/N-ethyl adjacent to an activating group) is 1. The normalized spacial score (nSPS) is 13.2. The molecule has 0 amide bonds. The molecule has 0 spiro atoms. The third kappa shape index (κ3) is 3.04. The molecule has 1 aliphatic rings. The van der Waals surface area contributed by atoms with Crippen molar-refractivity contribution in [2.75, 3.05) is 20.6 Å². The number of hydrogen-bond acceptors (Lipinski definition) is 4. The van der Waals surface area contributed by atoms with Gasteiger partial charge < -0.3 is 4.90 Å². The number of rotatable bonds is 4. The molecule has 5 nitrogen and oxygen atoms in total. The van der Waals surface area contributed by atoms with E-state index >= 15 is 0 Å². The summed E-state index contributed by atoms with van der Waals surface area (Å²) in [5, 5.41) is 8.69. The Morgan fingerprint density at radius 2 is 1.88 bits per heavy atom. The van der Waals surface area contributed by atoms with E-state index < -0.39 is 0 Å². The molecule has 26 heavy (non-hydrogen) atoms. The molecule has 0 saturated heterocycles. The van der Waals surface area contributed by atoms with Crippen LogP contribution in [0.1, 0.15) is 22.8 Å². The first-order chi connectivity index (χ1) is 12.6. The maximum absolute atomic E-state index is 14.1. The van der Waals surface area contributed by atoms with Crippen molar-refractivity contribution in [3.05, 3.63) is 77.1 Å². The van der Waals surface area contributed by atoms with Crippen LogP contribution >= 0.6 is 0 Å². The van der Waals surface area contributed by atoms with Crippen molar-refractivity contribution in [3.8, 4) is 5.69 Å². The molecule has 3 aromatic rings. The Bertz CT molecular complexity index is 960. The smallest absolute Gasteiger partial charge is 0.159 e. The highest BCUT2D eigenvalue weighted by molar-refractivity contribution is 6.15. The van der Waals surface area contributed by atoms with Gasteiger partial charge in [-0.15, -0.1) is 10.2 Å². The van der Waals surface area contributed by atoms with Crippen molar-refractivity contribution in [2.45, 2.75) is 13.0 Å². The van der Waals surface area contributed by atoms with E-state index in [-0.39, 0.29) is 5.82 Å². The first-order valence-electron chi connectivity index (χ1n) is 8.61. The van der Waals surface area contributed by atoms with Crippen LogP contribution < -0.4 is 0 Å². The molecule has 0 N–H and O–H groups in total. The van der Waals surface area contributed by atoms with Crippen LogP contribution in [0, 0.1) is 5.82 Å². The molecule has 0 aliphatic carbocycles. The van der Waals surface area contributed by atoms with E-state index in [1.165, 1.54) is 6.07 Å². The highest BCUT2D eigenvalue weighted by atomic mass is 19.1. The van der Waals surface area contributed by atoms with E-state index in [9.17, 15) is 4.39 Å². The summed E-state index contributed by atoms with van der Waals surface area (Å²) < 4.78 is 16.1. The van der Waals surface area contributed by atoms with Crippen molar-refractivity contribution in [3.63, 3.8) is 0 Å². The Balaban J connectivity index is 1.87. The first kappa shape index (κ1) is 16.6. The third-order valence-corrected chi connectivity index (χ3v) is 4.46.